The number of hydrogen-bond donors (Lipinski definition) is 2. The van der Waals surface area contributed by atoms with Gasteiger partial charge < -0.3 is 14.6 Å². The summed E-state index contributed by atoms with van der Waals surface area (Å²) in [5.74, 6) is 0.130. The van der Waals surface area contributed by atoms with Crippen LogP contribution in [0.4, 0.5) is 4.39 Å². The highest BCUT2D eigenvalue weighted by atomic mass is 32.2. The molecule has 34 heavy (non-hydrogen) atoms. The average molecular weight is 491 g/mol. The minimum atomic E-state index is -3.80. The molecule has 0 amide bonds. The van der Waals surface area contributed by atoms with Gasteiger partial charge in [0.05, 0.1) is 43.1 Å². The van der Waals surface area contributed by atoms with E-state index in [1.165, 1.54) is 31.4 Å². The molecule has 1 aromatic heterocycles. The first-order valence-corrected chi connectivity index (χ1v) is 12.4. The largest absolute Gasteiger partial charge is 0.497 e. The molecule has 0 bridgehead atoms. The molecule has 9 nitrogen and oxygen atoms in total. The molecular weight excluding hydrogens is 463 g/mol. The Hall–Kier alpha value is -2.86. The fourth-order valence-corrected chi connectivity index (χ4v) is 5.28. The lowest BCUT2D eigenvalue weighted by Gasteiger charge is -2.36. The van der Waals surface area contributed by atoms with Crippen LogP contribution in [0.1, 0.15) is 19.3 Å². The van der Waals surface area contributed by atoms with E-state index in [1.807, 2.05) is 0 Å². The zero-order valence-electron chi connectivity index (χ0n) is 18.7. The van der Waals surface area contributed by atoms with Crippen LogP contribution in [0.15, 0.2) is 59.6 Å². The van der Waals surface area contributed by atoms with Gasteiger partial charge in [-0.3, -0.25) is 4.68 Å². The van der Waals surface area contributed by atoms with Crippen LogP contribution in [0, 0.1) is 5.82 Å². The average Bonchev–Trinajstić information content (AvgIpc) is 3.32. The summed E-state index contributed by atoms with van der Waals surface area (Å²) in [5.41, 5.74) is 1.41. The zero-order valence-corrected chi connectivity index (χ0v) is 19.5. The van der Waals surface area contributed by atoms with E-state index in [9.17, 15) is 17.9 Å². The molecule has 0 spiro atoms. The van der Waals surface area contributed by atoms with Crippen LogP contribution in [0.2, 0.25) is 0 Å². The molecule has 0 saturated carbocycles. The van der Waals surface area contributed by atoms with Gasteiger partial charge >= 0.3 is 0 Å². The lowest BCUT2D eigenvalue weighted by molar-refractivity contribution is -0.0891. The Bertz CT molecular complexity index is 1200. The molecule has 2 heterocycles. The highest BCUT2D eigenvalue weighted by Gasteiger charge is 2.34. The maximum absolute atomic E-state index is 13.1. The van der Waals surface area contributed by atoms with Crippen molar-refractivity contribution in [3.8, 4) is 17.0 Å². The lowest BCUT2D eigenvalue weighted by atomic mass is 9.98. The zero-order chi connectivity index (χ0) is 24.1. The number of aromatic nitrogens is 3. The summed E-state index contributed by atoms with van der Waals surface area (Å²) in [7, 11) is -2.33. The van der Waals surface area contributed by atoms with Gasteiger partial charge in [-0.2, -0.15) is 0 Å². The van der Waals surface area contributed by atoms with E-state index < -0.39 is 22.2 Å². The lowest BCUT2D eigenvalue weighted by Crippen LogP contribution is -2.50. The Balaban J connectivity index is 1.33. The number of aliphatic hydroxyl groups is 1. The highest BCUT2D eigenvalue weighted by Crippen LogP contribution is 2.25. The van der Waals surface area contributed by atoms with Gasteiger partial charge in [-0.25, -0.2) is 17.5 Å². The molecule has 3 atom stereocenters. The number of aliphatic hydroxyl groups excluding tert-OH is 1. The van der Waals surface area contributed by atoms with E-state index in [1.54, 1.807) is 35.1 Å². The van der Waals surface area contributed by atoms with Crippen molar-refractivity contribution in [2.75, 3.05) is 13.7 Å². The maximum atomic E-state index is 13.1. The molecule has 3 aromatic rings. The molecule has 1 fully saturated rings. The van der Waals surface area contributed by atoms with E-state index in [2.05, 4.69) is 15.0 Å². The van der Waals surface area contributed by atoms with E-state index in [-0.39, 0.29) is 23.4 Å². The van der Waals surface area contributed by atoms with Gasteiger partial charge in [0, 0.05) is 18.2 Å². The molecular formula is C23H27FN4O5S. The molecule has 4 rings (SSSR count). The third-order valence-electron chi connectivity index (χ3n) is 5.81. The molecule has 1 aliphatic rings. The Labute approximate surface area is 197 Å². The van der Waals surface area contributed by atoms with Crippen LogP contribution in [-0.4, -0.2) is 60.5 Å². The van der Waals surface area contributed by atoms with E-state index >= 15 is 0 Å². The predicted molar refractivity (Wildman–Crippen MR) is 122 cm³/mol. The Morgan fingerprint density at radius 2 is 2.03 bits per heavy atom. The smallest absolute Gasteiger partial charge is 0.241 e. The van der Waals surface area contributed by atoms with Crippen molar-refractivity contribution in [2.24, 2.45) is 0 Å². The van der Waals surface area contributed by atoms with Crippen molar-refractivity contribution in [3.63, 3.8) is 0 Å². The molecule has 2 aromatic carbocycles. The standard InChI is InChI=1S/C23H27FN4O5S/c1-32-19-3-2-4-20(13-19)34(30,31)26-21-10-9-18(33-23(21)15-29)11-12-28-14-22(25-27-28)16-5-7-17(24)8-6-16/h2-8,13-14,18,21,23,26,29H,9-12,15H2,1H3/t18-,21-,23+/m0/s1. The van der Waals surface area contributed by atoms with Gasteiger partial charge in [-0.1, -0.05) is 11.3 Å². The quantitative estimate of drug-likeness (QED) is 0.473. The molecule has 0 unspecified atom stereocenters. The number of halogens is 1. The minimum absolute atomic E-state index is 0.0915. The predicted octanol–water partition coefficient (Wildman–Crippen LogP) is 2.37. The minimum Gasteiger partial charge on any atom is -0.497 e. The molecule has 1 aliphatic heterocycles. The molecule has 2 N–H and O–H groups in total. The summed E-state index contributed by atoms with van der Waals surface area (Å²) in [5, 5.41) is 18.1. The summed E-state index contributed by atoms with van der Waals surface area (Å²) < 4.78 is 54.2. The molecule has 0 aliphatic carbocycles. The first kappa shape index (κ1) is 24.3. The van der Waals surface area contributed by atoms with E-state index in [0.717, 1.165) is 5.56 Å². The third-order valence-corrected chi connectivity index (χ3v) is 7.30. The van der Waals surface area contributed by atoms with Crippen molar-refractivity contribution in [2.45, 2.75) is 49.0 Å². The summed E-state index contributed by atoms with van der Waals surface area (Å²) >= 11 is 0. The molecule has 0 radical (unpaired) electrons. The number of nitrogens with zero attached hydrogens (tertiary/aromatic N) is 3. The monoisotopic (exact) mass is 490 g/mol. The van der Waals surface area contributed by atoms with Gasteiger partial charge in [-0.05, 0) is 55.7 Å². The van der Waals surface area contributed by atoms with E-state index in [4.69, 9.17) is 9.47 Å². The van der Waals surface area contributed by atoms with Crippen molar-refractivity contribution in [1.29, 1.82) is 0 Å². The number of hydrogen-bond acceptors (Lipinski definition) is 7. The summed E-state index contributed by atoms with van der Waals surface area (Å²) in [6, 6.07) is 11.7. The molecule has 182 valence electrons. The van der Waals surface area contributed by atoms with Crippen LogP contribution in [0.25, 0.3) is 11.3 Å². The molecule has 11 heteroatoms. The number of benzene rings is 2. The first-order valence-electron chi connectivity index (χ1n) is 11.0. The summed E-state index contributed by atoms with van der Waals surface area (Å²) in [6.45, 7) is 0.233. The SMILES string of the molecule is COc1cccc(S(=O)(=O)N[C@H]2CC[C@@H](CCn3cc(-c4ccc(F)cc4)nn3)O[C@@H]2CO)c1. The second-order valence-electron chi connectivity index (χ2n) is 8.13. The van der Waals surface area contributed by atoms with Crippen LogP contribution >= 0.6 is 0 Å². The van der Waals surface area contributed by atoms with Crippen molar-refractivity contribution in [3.05, 3.63) is 60.5 Å². The normalized spacial score (nSPS) is 20.9. The van der Waals surface area contributed by atoms with Gasteiger partial charge in [0.25, 0.3) is 0 Å². The van der Waals surface area contributed by atoms with Gasteiger partial charge in [-0.15, -0.1) is 5.10 Å². The fraction of sp³-hybridized carbons (Fsp3) is 0.391. The van der Waals surface area contributed by atoms with Gasteiger partial charge in [0.15, 0.2) is 0 Å². The van der Waals surface area contributed by atoms with E-state index in [0.29, 0.717) is 37.3 Å². The number of nitrogens with one attached hydrogen (secondary N) is 1. The topological polar surface area (TPSA) is 116 Å². The van der Waals surface area contributed by atoms with Crippen LogP contribution in [0.3, 0.4) is 0 Å². The van der Waals surface area contributed by atoms with Crippen LogP contribution < -0.4 is 9.46 Å². The maximum Gasteiger partial charge on any atom is 0.241 e. The van der Waals surface area contributed by atoms with Gasteiger partial charge in [0.2, 0.25) is 10.0 Å². The number of ether oxygens (including phenoxy) is 2. The number of sulfonamides is 1. The second-order valence-corrected chi connectivity index (χ2v) is 9.84. The Morgan fingerprint density at radius 3 is 2.76 bits per heavy atom. The Kier molecular flexibility index (Phi) is 7.57. The summed E-state index contributed by atoms with van der Waals surface area (Å²) in [4.78, 5) is 0.0915. The Morgan fingerprint density at radius 1 is 1.24 bits per heavy atom. The van der Waals surface area contributed by atoms with Crippen LogP contribution in [-0.2, 0) is 21.3 Å². The fourth-order valence-electron chi connectivity index (χ4n) is 3.95. The molecule has 1 saturated heterocycles. The van der Waals surface area contributed by atoms with Crippen LogP contribution in [0.5, 0.6) is 5.75 Å². The van der Waals surface area contributed by atoms with Crippen molar-refractivity contribution in [1.82, 2.24) is 19.7 Å². The first-order chi connectivity index (χ1) is 16.4. The third kappa shape index (κ3) is 5.79. The highest BCUT2D eigenvalue weighted by molar-refractivity contribution is 7.89. The summed E-state index contributed by atoms with van der Waals surface area (Å²) in [6.07, 6.45) is 2.74. The van der Waals surface area contributed by atoms with Crippen molar-refractivity contribution < 1.29 is 27.4 Å². The number of methoxy groups -OCH3 is 1. The second kappa shape index (κ2) is 10.6. The number of rotatable bonds is 9. The van der Waals surface area contributed by atoms with Crippen molar-refractivity contribution >= 4 is 10.0 Å². The number of aryl methyl sites for hydroxylation is 1. The van der Waals surface area contributed by atoms with Gasteiger partial charge in [0.1, 0.15) is 17.3 Å².